The van der Waals surface area contributed by atoms with Crippen molar-refractivity contribution in [2.24, 2.45) is 4.99 Å². The molecule has 2 aromatic rings. The predicted molar refractivity (Wildman–Crippen MR) is 100 cm³/mol. The zero-order valence-electron chi connectivity index (χ0n) is 14.3. The zero-order valence-corrected chi connectivity index (χ0v) is 15.1. The Morgan fingerprint density at radius 3 is 2.92 bits per heavy atom. The second kappa shape index (κ2) is 6.59. The number of fused-ring (bicyclic) bond motifs is 1. The van der Waals surface area contributed by atoms with Gasteiger partial charge in [-0.15, -0.1) is 0 Å². The van der Waals surface area contributed by atoms with Crippen LogP contribution in [0.1, 0.15) is 36.7 Å². The van der Waals surface area contributed by atoms with Gasteiger partial charge in [0, 0.05) is 18.0 Å². The van der Waals surface area contributed by atoms with E-state index in [9.17, 15) is 5.11 Å². The molecule has 0 aliphatic carbocycles. The SMILES string of the molecule is CC[C@@H]1CSC2=N[C@H](c3ccccn3)[C@H](c3ccc(O)c(OC)c3)N21. The average Bonchev–Trinajstić information content (AvgIpc) is 3.22. The Kier molecular flexibility index (Phi) is 4.29. The highest BCUT2D eigenvalue weighted by atomic mass is 32.2. The lowest BCUT2D eigenvalue weighted by Gasteiger charge is -2.32. The fourth-order valence-electron chi connectivity index (χ4n) is 3.59. The van der Waals surface area contributed by atoms with Gasteiger partial charge in [0.05, 0.1) is 18.8 Å². The van der Waals surface area contributed by atoms with Crippen molar-refractivity contribution in [2.75, 3.05) is 12.9 Å². The molecule has 0 amide bonds. The topological polar surface area (TPSA) is 58.0 Å². The summed E-state index contributed by atoms with van der Waals surface area (Å²) in [6.45, 7) is 2.22. The summed E-state index contributed by atoms with van der Waals surface area (Å²) in [5.74, 6) is 1.71. The molecule has 1 N–H and O–H groups in total. The molecule has 3 heterocycles. The van der Waals surface area contributed by atoms with Gasteiger partial charge in [0.15, 0.2) is 16.7 Å². The molecule has 4 rings (SSSR count). The highest BCUT2D eigenvalue weighted by molar-refractivity contribution is 8.14. The summed E-state index contributed by atoms with van der Waals surface area (Å²) in [4.78, 5) is 12.0. The fourth-order valence-corrected chi connectivity index (χ4v) is 4.93. The van der Waals surface area contributed by atoms with Crippen LogP contribution in [0.3, 0.4) is 0 Å². The number of amidine groups is 1. The van der Waals surface area contributed by atoms with Crippen LogP contribution >= 0.6 is 11.8 Å². The van der Waals surface area contributed by atoms with Gasteiger partial charge in [0.2, 0.25) is 0 Å². The molecular formula is C19H21N3O2S. The van der Waals surface area contributed by atoms with E-state index in [1.807, 2.05) is 48.3 Å². The van der Waals surface area contributed by atoms with Crippen LogP contribution in [0.15, 0.2) is 47.6 Å². The molecule has 1 fully saturated rings. The number of methoxy groups -OCH3 is 1. The minimum absolute atomic E-state index is 0.0488. The van der Waals surface area contributed by atoms with Crippen molar-refractivity contribution in [2.45, 2.75) is 31.5 Å². The minimum Gasteiger partial charge on any atom is -0.504 e. The van der Waals surface area contributed by atoms with E-state index in [0.29, 0.717) is 11.8 Å². The molecule has 0 unspecified atom stereocenters. The van der Waals surface area contributed by atoms with Gasteiger partial charge in [0.25, 0.3) is 0 Å². The number of benzene rings is 1. The van der Waals surface area contributed by atoms with Crippen LogP contribution in [0.4, 0.5) is 0 Å². The number of ether oxygens (including phenoxy) is 1. The standard InChI is InChI=1S/C19H21N3O2S/c1-3-13-11-25-19-21-17(14-6-4-5-9-20-14)18(22(13)19)12-7-8-15(23)16(10-12)24-2/h4-10,13,17-18,23H,3,11H2,1-2H3/t13-,17-,18+/m1/s1. The van der Waals surface area contributed by atoms with E-state index in [0.717, 1.165) is 28.6 Å². The van der Waals surface area contributed by atoms with Crippen LogP contribution in [0.2, 0.25) is 0 Å². The third-order valence-corrected chi connectivity index (χ3v) is 6.00. The molecule has 3 atom stereocenters. The van der Waals surface area contributed by atoms with Gasteiger partial charge in [-0.2, -0.15) is 0 Å². The van der Waals surface area contributed by atoms with Crippen molar-refractivity contribution in [3.05, 3.63) is 53.9 Å². The third-order valence-electron chi connectivity index (χ3n) is 4.87. The van der Waals surface area contributed by atoms with Crippen molar-refractivity contribution in [3.8, 4) is 11.5 Å². The van der Waals surface area contributed by atoms with E-state index in [1.165, 1.54) is 0 Å². The van der Waals surface area contributed by atoms with Crippen molar-refractivity contribution in [1.29, 1.82) is 0 Å². The van der Waals surface area contributed by atoms with E-state index < -0.39 is 0 Å². The van der Waals surface area contributed by atoms with E-state index in [-0.39, 0.29) is 17.8 Å². The Balaban J connectivity index is 1.80. The number of hydrogen-bond acceptors (Lipinski definition) is 6. The number of thioether (sulfide) groups is 1. The zero-order chi connectivity index (χ0) is 17.4. The number of nitrogens with zero attached hydrogens (tertiary/aromatic N) is 3. The molecule has 0 radical (unpaired) electrons. The molecule has 2 aliphatic heterocycles. The fraction of sp³-hybridized carbons (Fsp3) is 0.368. The highest BCUT2D eigenvalue weighted by Gasteiger charge is 2.45. The van der Waals surface area contributed by atoms with Crippen LogP contribution in [0.5, 0.6) is 11.5 Å². The Morgan fingerprint density at radius 2 is 2.20 bits per heavy atom. The summed E-state index contributed by atoms with van der Waals surface area (Å²) in [5, 5.41) is 11.1. The summed E-state index contributed by atoms with van der Waals surface area (Å²) in [6.07, 6.45) is 2.89. The Bertz CT molecular complexity index is 797. The number of phenols is 1. The number of aromatic nitrogens is 1. The Labute approximate surface area is 151 Å². The molecule has 2 aliphatic rings. The molecule has 1 aromatic heterocycles. The lowest BCUT2D eigenvalue weighted by molar-refractivity contribution is 0.254. The van der Waals surface area contributed by atoms with Crippen LogP contribution in [-0.4, -0.2) is 39.1 Å². The van der Waals surface area contributed by atoms with Crippen molar-refractivity contribution in [3.63, 3.8) is 0 Å². The van der Waals surface area contributed by atoms with E-state index in [1.54, 1.807) is 13.2 Å². The van der Waals surface area contributed by atoms with Gasteiger partial charge in [-0.3, -0.25) is 9.98 Å². The quantitative estimate of drug-likeness (QED) is 0.905. The molecule has 0 spiro atoms. The van der Waals surface area contributed by atoms with Crippen molar-refractivity contribution in [1.82, 2.24) is 9.88 Å². The van der Waals surface area contributed by atoms with E-state index in [2.05, 4.69) is 16.8 Å². The molecule has 25 heavy (non-hydrogen) atoms. The predicted octanol–water partition coefficient (Wildman–Crippen LogP) is 3.78. The first-order valence-corrected chi connectivity index (χ1v) is 9.48. The Morgan fingerprint density at radius 1 is 1.32 bits per heavy atom. The van der Waals surface area contributed by atoms with Crippen molar-refractivity contribution >= 4 is 16.9 Å². The van der Waals surface area contributed by atoms with Gasteiger partial charge in [-0.25, -0.2) is 0 Å². The van der Waals surface area contributed by atoms with Gasteiger partial charge in [-0.1, -0.05) is 30.8 Å². The van der Waals surface area contributed by atoms with Gasteiger partial charge in [0.1, 0.15) is 6.04 Å². The number of rotatable bonds is 4. The van der Waals surface area contributed by atoms with Gasteiger partial charge >= 0.3 is 0 Å². The van der Waals surface area contributed by atoms with Crippen LogP contribution in [0, 0.1) is 0 Å². The maximum atomic E-state index is 9.96. The molecule has 1 aromatic carbocycles. The molecule has 1 saturated heterocycles. The first-order chi connectivity index (χ1) is 12.2. The third kappa shape index (κ3) is 2.74. The van der Waals surface area contributed by atoms with Crippen LogP contribution in [-0.2, 0) is 0 Å². The maximum absolute atomic E-state index is 9.96. The Hall–Kier alpha value is -2.21. The number of pyridine rings is 1. The molecule has 5 nitrogen and oxygen atoms in total. The van der Waals surface area contributed by atoms with Gasteiger partial charge in [-0.05, 0) is 36.2 Å². The molecule has 0 saturated carbocycles. The van der Waals surface area contributed by atoms with Crippen LogP contribution in [0.25, 0.3) is 0 Å². The smallest absolute Gasteiger partial charge is 0.160 e. The second-order valence-electron chi connectivity index (χ2n) is 6.27. The highest BCUT2D eigenvalue weighted by Crippen LogP contribution is 2.49. The minimum atomic E-state index is -0.0488. The first kappa shape index (κ1) is 16.3. The summed E-state index contributed by atoms with van der Waals surface area (Å²) in [5.41, 5.74) is 2.06. The molecule has 0 bridgehead atoms. The molecule has 6 heteroatoms. The molecular weight excluding hydrogens is 334 g/mol. The summed E-state index contributed by atoms with van der Waals surface area (Å²) < 4.78 is 5.32. The average molecular weight is 355 g/mol. The van der Waals surface area contributed by atoms with Crippen molar-refractivity contribution < 1.29 is 9.84 Å². The monoisotopic (exact) mass is 355 g/mol. The normalized spacial score (nSPS) is 25.0. The first-order valence-electron chi connectivity index (χ1n) is 8.49. The summed E-state index contributed by atoms with van der Waals surface area (Å²) >= 11 is 1.82. The number of phenolic OH excluding ortho intramolecular Hbond substituents is 1. The summed E-state index contributed by atoms with van der Waals surface area (Å²) in [7, 11) is 1.58. The largest absolute Gasteiger partial charge is 0.504 e. The van der Waals surface area contributed by atoms with Gasteiger partial charge < -0.3 is 14.7 Å². The maximum Gasteiger partial charge on any atom is 0.160 e. The lowest BCUT2D eigenvalue weighted by Crippen LogP contribution is -2.35. The number of hydrogen-bond donors (Lipinski definition) is 1. The lowest BCUT2D eigenvalue weighted by atomic mass is 9.95. The summed E-state index contributed by atoms with van der Waals surface area (Å²) in [6, 6.07) is 12.0. The van der Waals surface area contributed by atoms with E-state index >= 15 is 0 Å². The second-order valence-corrected chi connectivity index (χ2v) is 7.25. The number of aromatic hydroxyl groups is 1. The molecule has 130 valence electrons. The van der Waals surface area contributed by atoms with Crippen LogP contribution < -0.4 is 4.74 Å². The van der Waals surface area contributed by atoms with E-state index in [4.69, 9.17) is 9.73 Å². The number of aliphatic imine (C=N–C) groups is 1.